The summed E-state index contributed by atoms with van der Waals surface area (Å²) >= 11 is -1.79. The second kappa shape index (κ2) is 16.9. The largest absolute Gasteiger partial charge is 0.512 e. The van der Waals surface area contributed by atoms with Crippen LogP contribution in [0.4, 0.5) is 0 Å². The van der Waals surface area contributed by atoms with Gasteiger partial charge in [-0.15, -0.1) is 0 Å². The van der Waals surface area contributed by atoms with Gasteiger partial charge in [-0.05, 0) is 25.7 Å². The Morgan fingerprint density at radius 2 is 1.35 bits per heavy atom. The van der Waals surface area contributed by atoms with E-state index in [0.29, 0.717) is 0 Å². The van der Waals surface area contributed by atoms with Gasteiger partial charge in [0.15, 0.2) is 5.78 Å². The van der Waals surface area contributed by atoms with Crippen molar-refractivity contribution in [1.29, 1.82) is 0 Å². The number of aromatic nitrogens is 1. The molecule has 1 aromatic heterocycles. The quantitative estimate of drug-likeness (QED) is 0.0747. The Morgan fingerprint density at radius 3 is 1.88 bits per heavy atom. The molecule has 1 heterocycles. The molecule has 0 bridgehead atoms. The van der Waals surface area contributed by atoms with Crippen LogP contribution in [0, 0.1) is 16.9 Å². The minimum atomic E-state index is -1.79. The van der Waals surface area contributed by atoms with Crippen molar-refractivity contribution in [2.24, 2.45) is 10.8 Å². The summed E-state index contributed by atoms with van der Waals surface area (Å²) in [5.41, 5.74) is 5.25. The standard InChI is InChI=1S/C28H30GeN.C15H28O2.Ir/c1-28(2,3)26-18-23(17-22-9-7-8-10-25(22)26)27-19-21(15-16-30-27)20-11-13-24(14-12-20)29(4,5)6;1-7-14(5,8-2)12(16)11-13(17)15(6,9-3)10-4;/h7-16,18-19H,1-6H3;11,16H,7-10H2,1-6H3;/q-1;;/b;12-11-;. The van der Waals surface area contributed by atoms with E-state index in [1.807, 2.05) is 47.7 Å². The van der Waals surface area contributed by atoms with Gasteiger partial charge in [0, 0.05) is 37.0 Å². The van der Waals surface area contributed by atoms with Crippen molar-refractivity contribution in [1.82, 2.24) is 4.98 Å². The SMILES string of the molecule is CC(C)(C)c1cc(-c2cc(-c3cc[c]([Ge]([CH3])([CH3])[CH3])cc3)ccn2)[c-]c2ccccc12.CCC(C)(CC)C(=O)/C=C(\O)C(C)(CC)CC.[Ir]. The summed E-state index contributed by atoms with van der Waals surface area (Å²) in [6, 6.07) is 27.9. The van der Waals surface area contributed by atoms with Crippen LogP contribution in [0.15, 0.2) is 84.8 Å². The fourth-order valence-corrected chi connectivity index (χ4v) is 8.04. The Labute approximate surface area is 307 Å². The Kier molecular flexibility index (Phi) is 14.7. The van der Waals surface area contributed by atoms with E-state index in [1.165, 1.54) is 32.5 Å². The maximum Gasteiger partial charge on any atom is 0.164 e. The minimum absolute atomic E-state index is 0. The van der Waals surface area contributed by atoms with Crippen molar-refractivity contribution >= 4 is 34.2 Å². The van der Waals surface area contributed by atoms with Gasteiger partial charge in [0.25, 0.3) is 0 Å². The molecule has 48 heavy (non-hydrogen) atoms. The van der Waals surface area contributed by atoms with E-state index in [4.69, 9.17) is 4.98 Å². The molecular weight excluding hydrogens is 827 g/mol. The van der Waals surface area contributed by atoms with Crippen LogP contribution in [-0.2, 0) is 30.3 Å². The van der Waals surface area contributed by atoms with Gasteiger partial charge in [-0.3, -0.25) is 4.79 Å². The fourth-order valence-electron chi connectivity index (χ4n) is 5.59. The number of allylic oxidation sites excluding steroid dienone is 2. The van der Waals surface area contributed by atoms with E-state index >= 15 is 0 Å². The van der Waals surface area contributed by atoms with Gasteiger partial charge in [-0.25, -0.2) is 0 Å². The minimum Gasteiger partial charge on any atom is -0.512 e. The molecule has 4 aromatic rings. The smallest absolute Gasteiger partial charge is 0.164 e. The van der Waals surface area contributed by atoms with Crippen LogP contribution in [0.25, 0.3) is 33.2 Å². The van der Waals surface area contributed by atoms with E-state index in [1.54, 1.807) is 0 Å². The van der Waals surface area contributed by atoms with Crippen molar-refractivity contribution in [3.05, 3.63) is 96.4 Å². The molecule has 4 rings (SSSR count). The first-order chi connectivity index (χ1) is 21.9. The summed E-state index contributed by atoms with van der Waals surface area (Å²) in [6.45, 7) is 18.9. The van der Waals surface area contributed by atoms with Gasteiger partial charge in [-0.2, -0.15) is 0 Å². The fraction of sp³-hybridized carbons (Fsp3) is 0.442. The number of carbonyl (C=O) groups is 1. The normalized spacial score (nSPS) is 12.6. The first-order valence-corrected chi connectivity index (χ1v) is 24.7. The van der Waals surface area contributed by atoms with Gasteiger partial charge in [-0.1, -0.05) is 47.6 Å². The molecule has 0 aliphatic heterocycles. The molecule has 0 saturated carbocycles. The average molecular weight is 886 g/mol. The number of ketones is 1. The molecule has 5 heteroatoms. The van der Waals surface area contributed by atoms with Crippen molar-refractivity contribution in [3.63, 3.8) is 0 Å². The molecule has 3 aromatic carbocycles. The topological polar surface area (TPSA) is 50.2 Å². The number of pyridine rings is 1. The Bertz CT molecular complexity index is 1680. The second-order valence-corrected chi connectivity index (χ2v) is 26.2. The van der Waals surface area contributed by atoms with Crippen LogP contribution >= 0.6 is 0 Å². The summed E-state index contributed by atoms with van der Waals surface area (Å²) in [6.07, 6.45) is 6.67. The van der Waals surface area contributed by atoms with Gasteiger partial charge in [0.05, 0.1) is 0 Å². The number of aliphatic hydroxyl groups excluding tert-OH is 1. The van der Waals surface area contributed by atoms with Crippen LogP contribution < -0.4 is 4.40 Å². The zero-order valence-corrected chi connectivity index (χ0v) is 36.0. The first kappa shape index (κ1) is 41.6. The Balaban J connectivity index is 0.000000384. The van der Waals surface area contributed by atoms with Gasteiger partial charge in [0.1, 0.15) is 5.76 Å². The molecule has 0 unspecified atom stereocenters. The average Bonchev–Trinajstić information content (AvgIpc) is 3.06. The van der Waals surface area contributed by atoms with Gasteiger partial charge < -0.3 is 5.11 Å². The molecule has 1 N–H and O–H groups in total. The number of nitrogens with zero attached hydrogens (tertiary/aromatic N) is 1. The predicted molar refractivity (Wildman–Crippen MR) is 206 cm³/mol. The maximum atomic E-state index is 12.2. The number of rotatable bonds is 10. The van der Waals surface area contributed by atoms with Crippen LogP contribution in [0.2, 0.25) is 17.3 Å². The molecule has 0 amide bonds. The summed E-state index contributed by atoms with van der Waals surface area (Å²) in [4.78, 5) is 16.9. The van der Waals surface area contributed by atoms with Crippen LogP contribution in [0.5, 0.6) is 0 Å². The molecular formula is C43H58GeIrNO2-. The van der Waals surface area contributed by atoms with Gasteiger partial charge in [0.2, 0.25) is 0 Å². The van der Waals surface area contributed by atoms with Crippen molar-refractivity contribution in [2.45, 2.75) is 111 Å². The third kappa shape index (κ3) is 10.0. The van der Waals surface area contributed by atoms with Crippen LogP contribution in [0.3, 0.4) is 0 Å². The second-order valence-electron chi connectivity index (χ2n) is 15.6. The van der Waals surface area contributed by atoms with E-state index in [2.05, 4.69) is 111 Å². The number of carbonyl (C=O) groups excluding carboxylic acids is 1. The number of aliphatic hydroxyl groups is 1. The van der Waals surface area contributed by atoms with E-state index in [9.17, 15) is 9.90 Å². The van der Waals surface area contributed by atoms with Crippen molar-refractivity contribution in [2.75, 3.05) is 0 Å². The summed E-state index contributed by atoms with van der Waals surface area (Å²) in [7, 11) is 0. The third-order valence-electron chi connectivity index (χ3n) is 10.3. The number of hydrogen-bond donors (Lipinski definition) is 1. The number of benzene rings is 3. The molecule has 0 spiro atoms. The maximum absolute atomic E-state index is 12.2. The van der Waals surface area contributed by atoms with Crippen molar-refractivity contribution < 1.29 is 30.0 Å². The summed E-state index contributed by atoms with van der Waals surface area (Å²) < 4.78 is 1.53. The van der Waals surface area contributed by atoms with Gasteiger partial charge >= 0.3 is 178 Å². The zero-order chi connectivity index (χ0) is 35.2. The zero-order valence-electron chi connectivity index (χ0n) is 31.5. The van der Waals surface area contributed by atoms with Crippen LogP contribution in [0.1, 0.15) is 93.6 Å². The molecule has 1 radical (unpaired) electrons. The molecule has 0 aliphatic carbocycles. The Morgan fingerprint density at radius 1 is 0.792 bits per heavy atom. The van der Waals surface area contributed by atoms with E-state index < -0.39 is 13.3 Å². The van der Waals surface area contributed by atoms with Crippen molar-refractivity contribution in [3.8, 4) is 22.4 Å². The number of hydrogen-bond acceptors (Lipinski definition) is 3. The molecule has 0 atom stereocenters. The monoisotopic (exact) mass is 887 g/mol. The Hall–Kier alpha value is -2.53. The molecule has 0 fully saturated rings. The molecule has 0 aliphatic rings. The van der Waals surface area contributed by atoms with E-state index in [-0.39, 0.29) is 47.9 Å². The first-order valence-electron chi connectivity index (χ1n) is 17.4. The summed E-state index contributed by atoms with van der Waals surface area (Å²) in [5.74, 6) is 7.58. The third-order valence-corrected chi connectivity index (χ3v) is 14.6. The summed E-state index contributed by atoms with van der Waals surface area (Å²) in [5, 5.41) is 12.6. The number of fused-ring (bicyclic) bond motifs is 1. The molecule has 3 nitrogen and oxygen atoms in total. The molecule has 261 valence electrons. The van der Waals surface area contributed by atoms with Crippen LogP contribution in [-0.4, -0.2) is 29.1 Å². The molecule has 0 saturated heterocycles. The van der Waals surface area contributed by atoms with E-state index in [0.717, 1.165) is 42.3 Å². The predicted octanol–water partition coefficient (Wildman–Crippen LogP) is 11.9.